The third kappa shape index (κ3) is 6.18. The molecule has 0 aliphatic rings. The molecule has 0 atom stereocenters. The number of nitrogens with two attached hydrogens (primary N) is 1. The maximum Gasteiger partial charge on any atom is 0.248 e. The molecule has 0 heterocycles. The van der Waals surface area contributed by atoms with E-state index in [4.69, 9.17) is 15.2 Å². The summed E-state index contributed by atoms with van der Waals surface area (Å²) in [5.74, 6) is 0.890. The highest BCUT2D eigenvalue weighted by molar-refractivity contribution is 6.02. The van der Waals surface area contributed by atoms with Crippen LogP contribution in [0.3, 0.4) is 0 Å². The average molecular weight is 368 g/mol. The Labute approximate surface area is 159 Å². The van der Waals surface area contributed by atoms with Crippen molar-refractivity contribution >= 4 is 23.6 Å². The van der Waals surface area contributed by atoms with E-state index in [1.54, 1.807) is 43.5 Å². The number of carbonyl (C=O) groups excluding carboxylic acids is 2. The molecule has 6 heteroatoms. The van der Waals surface area contributed by atoms with Gasteiger partial charge in [0, 0.05) is 17.3 Å². The van der Waals surface area contributed by atoms with Crippen molar-refractivity contribution in [3.8, 4) is 11.5 Å². The number of hydrogen-bond donors (Lipinski definition) is 2. The first-order chi connectivity index (χ1) is 12.9. The summed E-state index contributed by atoms with van der Waals surface area (Å²) in [4.78, 5) is 23.1. The first-order valence-electron chi connectivity index (χ1n) is 8.59. The Morgan fingerprint density at radius 1 is 1.11 bits per heavy atom. The number of rotatable bonds is 8. The smallest absolute Gasteiger partial charge is 0.248 e. The van der Waals surface area contributed by atoms with Gasteiger partial charge in [-0.15, -0.1) is 0 Å². The van der Waals surface area contributed by atoms with Gasteiger partial charge in [0.1, 0.15) is 0 Å². The van der Waals surface area contributed by atoms with E-state index < -0.39 is 5.91 Å². The van der Waals surface area contributed by atoms with Crippen LogP contribution in [-0.4, -0.2) is 25.5 Å². The minimum absolute atomic E-state index is 0.291. The van der Waals surface area contributed by atoms with E-state index in [0.717, 1.165) is 5.56 Å². The fraction of sp³-hybridized carbons (Fsp3) is 0.238. The Morgan fingerprint density at radius 3 is 2.41 bits per heavy atom. The molecule has 0 radical (unpaired) electrons. The lowest BCUT2D eigenvalue weighted by Crippen LogP contribution is -2.11. The van der Waals surface area contributed by atoms with Gasteiger partial charge >= 0.3 is 0 Å². The predicted molar refractivity (Wildman–Crippen MR) is 106 cm³/mol. The molecule has 0 saturated heterocycles. The number of hydrogen-bond acceptors (Lipinski definition) is 4. The van der Waals surface area contributed by atoms with Gasteiger partial charge in [0.15, 0.2) is 11.5 Å². The van der Waals surface area contributed by atoms with Crippen molar-refractivity contribution in [1.82, 2.24) is 0 Å². The molecule has 2 aromatic carbocycles. The molecule has 0 aliphatic heterocycles. The molecule has 2 rings (SSSR count). The van der Waals surface area contributed by atoms with Gasteiger partial charge in [0.25, 0.3) is 0 Å². The number of primary amides is 1. The van der Waals surface area contributed by atoms with Crippen LogP contribution in [0.4, 0.5) is 5.69 Å². The summed E-state index contributed by atoms with van der Waals surface area (Å²) < 4.78 is 11.1. The van der Waals surface area contributed by atoms with Crippen LogP contribution >= 0.6 is 0 Å². The number of methoxy groups -OCH3 is 1. The van der Waals surface area contributed by atoms with Crippen LogP contribution in [-0.2, 0) is 4.79 Å². The summed E-state index contributed by atoms with van der Waals surface area (Å²) in [6.45, 7) is 4.75. The standard InChI is InChI=1S/C21H24N2O4/c1-14(2)13-27-18-10-4-15(12-19(18)26-3)5-11-20(24)23-17-8-6-16(7-9-17)21(22)25/h4-12,14H,13H2,1-3H3,(H2,22,25)(H,23,24)/b11-5+. The molecular formula is C21H24N2O4. The van der Waals surface area contributed by atoms with Crippen molar-refractivity contribution < 1.29 is 19.1 Å². The predicted octanol–water partition coefficient (Wildman–Crippen LogP) is 3.48. The van der Waals surface area contributed by atoms with Crippen LogP contribution < -0.4 is 20.5 Å². The lowest BCUT2D eigenvalue weighted by molar-refractivity contribution is -0.111. The number of nitrogens with one attached hydrogen (secondary N) is 1. The van der Waals surface area contributed by atoms with E-state index in [1.165, 1.54) is 6.08 Å². The molecule has 0 fully saturated rings. The molecule has 0 spiro atoms. The molecule has 0 saturated carbocycles. The number of benzene rings is 2. The third-order valence-electron chi connectivity index (χ3n) is 3.62. The number of ether oxygens (including phenoxy) is 2. The van der Waals surface area contributed by atoms with Gasteiger partial charge in [-0.3, -0.25) is 9.59 Å². The second-order valence-electron chi connectivity index (χ2n) is 6.38. The topological polar surface area (TPSA) is 90.6 Å². The number of anilines is 1. The van der Waals surface area contributed by atoms with Gasteiger partial charge in [-0.05, 0) is 54.0 Å². The average Bonchev–Trinajstić information content (AvgIpc) is 2.65. The van der Waals surface area contributed by atoms with Crippen molar-refractivity contribution in [3.05, 3.63) is 59.7 Å². The molecule has 2 amide bonds. The molecule has 0 bridgehead atoms. The van der Waals surface area contributed by atoms with Crippen LogP contribution in [0.1, 0.15) is 29.8 Å². The molecular weight excluding hydrogens is 344 g/mol. The fourth-order valence-corrected chi connectivity index (χ4v) is 2.24. The highest BCUT2D eigenvalue weighted by Crippen LogP contribution is 2.29. The SMILES string of the molecule is COc1cc(/C=C/C(=O)Nc2ccc(C(N)=O)cc2)ccc1OCC(C)C. The maximum atomic E-state index is 12.1. The normalized spacial score (nSPS) is 10.8. The first kappa shape index (κ1) is 20.0. The zero-order valence-electron chi connectivity index (χ0n) is 15.7. The van der Waals surface area contributed by atoms with E-state index in [9.17, 15) is 9.59 Å². The van der Waals surface area contributed by atoms with Crippen LogP contribution in [0.15, 0.2) is 48.5 Å². The molecule has 2 aromatic rings. The molecule has 0 unspecified atom stereocenters. The van der Waals surface area contributed by atoms with Crippen molar-refractivity contribution in [2.24, 2.45) is 11.7 Å². The van der Waals surface area contributed by atoms with Gasteiger partial charge in [0.05, 0.1) is 13.7 Å². The van der Waals surface area contributed by atoms with Gasteiger partial charge < -0.3 is 20.5 Å². The highest BCUT2D eigenvalue weighted by Gasteiger charge is 2.06. The van der Waals surface area contributed by atoms with Crippen molar-refractivity contribution in [2.45, 2.75) is 13.8 Å². The van der Waals surface area contributed by atoms with Crippen LogP contribution in [0.25, 0.3) is 6.08 Å². The van der Waals surface area contributed by atoms with Crippen LogP contribution in [0, 0.1) is 5.92 Å². The minimum atomic E-state index is -0.512. The lowest BCUT2D eigenvalue weighted by Gasteiger charge is -2.12. The summed E-state index contributed by atoms with van der Waals surface area (Å²) in [7, 11) is 1.58. The third-order valence-corrected chi connectivity index (χ3v) is 3.62. The van der Waals surface area contributed by atoms with Crippen molar-refractivity contribution in [2.75, 3.05) is 19.0 Å². The molecule has 3 N–H and O–H groups in total. The van der Waals surface area contributed by atoms with E-state index in [-0.39, 0.29) is 5.91 Å². The van der Waals surface area contributed by atoms with E-state index in [2.05, 4.69) is 19.2 Å². The highest BCUT2D eigenvalue weighted by atomic mass is 16.5. The fourth-order valence-electron chi connectivity index (χ4n) is 2.24. The number of carbonyl (C=O) groups is 2. The van der Waals surface area contributed by atoms with Crippen molar-refractivity contribution in [1.29, 1.82) is 0 Å². The van der Waals surface area contributed by atoms with Gasteiger partial charge in [-0.25, -0.2) is 0 Å². The second-order valence-corrected chi connectivity index (χ2v) is 6.38. The molecule has 0 aliphatic carbocycles. The Kier molecular flexibility index (Phi) is 7.00. The van der Waals surface area contributed by atoms with E-state index in [1.807, 2.05) is 12.1 Å². The first-order valence-corrected chi connectivity index (χ1v) is 8.59. The van der Waals surface area contributed by atoms with Gasteiger partial charge in [-0.1, -0.05) is 19.9 Å². The van der Waals surface area contributed by atoms with Gasteiger partial charge in [-0.2, -0.15) is 0 Å². The monoisotopic (exact) mass is 368 g/mol. The quantitative estimate of drug-likeness (QED) is 0.698. The molecule has 0 aromatic heterocycles. The van der Waals surface area contributed by atoms with Crippen molar-refractivity contribution in [3.63, 3.8) is 0 Å². The Hall–Kier alpha value is -3.28. The summed E-state index contributed by atoms with van der Waals surface area (Å²) in [5.41, 5.74) is 6.96. The Morgan fingerprint density at radius 2 is 1.81 bits per heavy atom. The van der Waals surface area contributed by atoms with Crippen LogP contribution in [0.5, 0.6) is 11.5 Å². The van der Waals surface area contributed by atoms with E-state index in [0.29, 0.717) is 35.3 Å². The summed E-state index contributed by atoms with van der Waals surface area (Å²) in [6, 6.07) is 11.8. The zero-order valence-corrected chi connectivity index (χ0v) is 15.7. The minimum Gasteiger partial charge on any atom is -0.493 e. The Balaban J connectivity index is 2.01. The molecule has 27 heavy (non-hydrogen) atoms. The maximum absolute atomic E-state index is 12.1. The number of amides is 2. The second kappa shape index (κ2) is 9.43. The summed E-state index contributed by atoms with van der Waals surface area (Å²) in [6.07, 6.45) is 3.10. The summed E-state index contributed by atoms with van der Waals surface area (Å²) >= 11 is 0. The molecule has 142 valence electrons. The van der Waals surface area contributed by atoms with Crippen LogP contribution in [0.2, 0.25) is 0 Å². The zero-order chi connectivity index (χ0) is 19.8. The molecule has 6 nitrogen and oxygen atoms in total. The lowest BCUT2D eigenvalue weighted by atomic mass is 10.1. The Bertz CT molecular complexity index is 827. The summed E-state index contributed by atoms with van der Waals surface area (Å²) in [5, 5.41) is 2.72. The largest absolute Gasteiger partial charge is 0.493 e. The van der Waals surface area contributed by atoms with E-state index >= 15 is 0 Å². The van der Waals surface area contributed by atoms with Gasteiger partial charge in [0.2, 0.25) is 11.8 Å².